The zero-order valence-corrected chi connectivity index (χ0v) is 11.7. The van der Waals surface area contributed by atoms with Crippen LogP contribution in [0.1, 0.15) is 13.3 Å². The van der Waals surface area contributed by atoms with E-state index < -0.39 is 0 Å². The summed E-state index contributed by atoms with van der Waals surface area (Å²) in [6.07, 6.45) is 1.55. The molecular formula is C12H25ClN2O2. The Morgan fingerprint density at radius 1 is 1.53 bits per heavy atom. The van der Waals surface area contributed by atoms with E-state index in [9.17, 15) is 0 Å². The summed E-state index contributed by atoms with van der Waals surface area (Å²) in [5.41, 5.74) is 0.453. The van der Waals surface area contributed by atoms with Crippen molar-refractivity contribution in [2.24, 2.45) is 5.41 Å². The molecule has 0 aromatic heterocycles. The number of nitrogens with zero attached hydrogens (tertiary/aromatic N) is 1. The highest BCUT2D eigenvalue weighted by molar-refractivity contribution is 5.85. The van der Waals surface area contributed by atoms with Crippen molar-refractivity contribution in [1.29, 1.82) is 0 Å². The third kappa shape index (κ3) is 4.38. The Morgan fingerprint density at radius 3 is 3.00 bits per heavy atom. The van der Waals surface area contributed by atoms with Gasteiger partial charge in [-0.2, -0.15) is 0 Å². The van der Waals surface area contributed by atoms with Crippen LogP contribution in [0.15, 0.2) is 0 Å². The molecule has 4 nitrogen and oxygen atoms in total. The van der Waals surface area contributed by atoms with Crippen LogP contribution in [0.2, 0.25) is 0 Å². The molecule has 0 saturated carbocycles. The molecule has 2 unspecified atom stereocenters. The van der Waals surface area contributed by atoms with Gasteiger partial charge in [0.2, 0.25) is 0 Å². The molecule has 2 aliphatic rings. The van der Waals surface area contributed by atoms with Crippen molar-refractivity contribution in [2.45, 2.75) is 19.4 Å². The van der Waals surface area contributed by atoms with Crippen LogP contribution in [0.3, 0.4) is 0 Å². The summed E-state index contributed by atoms with van der Waals surface area (Å²) in [4.78, 5) is 2.53. The predicted octanol–water partition coefficient (Wildman–Crippen LogP) is 0.755. The van der Waals surface area contributed by atoms with E-state index in [2.05, 4.69) is 17.1 Å². The molecular weight excluding hydrogens is 240 g/mol. The number of morpholine rings is 1. The fourth-order valence-electron chi connectivity index (χ4n) is 2.75. The van der Waals surface area contributed by atoms with Crippen LogP contribution >= 0.6 is 12.4 Å². The van der Waals surface area contributed by atoms with Crippen molar-refractivity contribution >= 4 is 12.4 Å². The quantitative estimate of drug-likeness (QED) is 0.813. The van der Waals surface area contributed by atoms with Crippen molar-refractivity contribution < 1.29 is 9.47 Å². The maximum Gasteiger partial charge on any atom is 0.0935 e. The Bertz CT molecular complexity index is 221. The first-order valence-electron chi connectivity index (χ1n) is 6.25. The van der Waals surface area contributed by atoms with Crippen LogP contribution < -0.4 is 5.32 Å². The van der Waals surface area contributed by atoms with Crippen LogP contribution in [-0.2, 0) is 9.47 Å². The monoisotopic (exact) mass is 264 g/mol. The van der Waals surface area contributed by atoms with Crippen molar-refractivity contribution in [3.8, 4) is 0 Å². The lowest BCUT2D eigenvalue weighted by atomic mass is 9.89. The van der Waals surface area contributed by atoms with Gasteiger partial charge in [-0.15, -0.1) is 12.4 Å². The molecule has 0 spiro atoms. The summed E-state index contributed by atoms with van der Waals surface area (Å²) >= 11 is 0. The Balaban J connectivity index is 0.00000144. The Morgan fingerprint density at radius 2 is 2.35 bits per heavy atom. The summed E-state index contributed by atoms with van der Waals surface area (Å²) < 4.78 is 10.8. The van der Waals surface area contributed by atoms with Gasteiger partial charge in [-0.25, -0.2) is 0 Å². The zero-order valence-electron chi connectivity index (χ0n) is 10.9. The van der Waals surface area contributed by atoms with Gasteiger partial charge in [0.05, 0.1) is 19.3 Å². The lowest BCUT2D eigenvalue weighted by molar-refractivity contribution is -0.0678. The van der Waals surface area contributed by atoms with Gasteiger partial charge >= 0.3 is 0 Å². The maximum absolute atomic E-state index is 5.66. The average molecular weight is 265 g/mol. The first kappa shape index (κ1) is 15.2. The number of hydrogen-bond donors (Lipinski definition) is 1. The molecule has 17 heavy (non-hydrogen) atoms. The van der Waals surface area contributed by atoms with E-state index in [4.69, 9.17) is 9.47 Å². The van der Waals surface area contributed by atoms with Gasteiger partial charge in [-0.05, 0) is 18.4 Å². The number of ether oxygens (including phenoxy) is 2. The predicted molar refractivity (Wildman–Crippen MR) is 70.9 cm³/mol. The highest BCUT2D eigenvalue weighted by Gasteiger charge is 2.32. The molecule has 2 fully saturated rings. The topological polar surface area (TPSA) is 33.7 Å². The number of hydrogen-bond acceptors (Lipinski definition) is 4. The fourth-order valence-corrected chi connectivity index (χ4v) is 2.75. The van der Waals surface area contributed by atoms with E-state index in [1.807, 2.05) is 0 Å². The van der Waals surface area contributed by atoms with E-state index in [0.717, 1.165) is 26.2 Å². The second kappa shape index (κ2) is 6.90. The molecule has 2 heterocycles. The van der Waals surface area contributed by atoms with E-state index >= 15 is 0 Å². The van der Waals surface area contributed by atoms with Gasteiger partial charge in [0, 0.05) is 33.3 Å². The van der Waals surface area contributed by atoms with Gasteiger partial charge in [-0.1, -0.05) is 6.92 Å². The van der Waals surface area contributed by atoms with E-state index in [0.29, 0.717) is 12.0 Å². The lowest BCUT2D eigenvalue weighted by Crippen LogP contribution is -2.48. The third-order valence-corrected chi connectivity index (χ3v) is 3.64. The van der Waals surface area contributed by atoms with Crippen molar-refractivity contribution in [2.75, 3.05) is 53.0 Å². The van der Waals surface area contributed by atoms with Crippen LogP contribution in [0.4, 0.5) is 0 Å². The molecule has 0 radical (unpaired) electrons. The number of methoxy groups -OCH3 is 1. The molecule has 2 atom stereocenters. The minimum atomic E-state index is 0. The van der Waals surface area contributed by atoms with Gasteiger partial charge in [0.15, 0.2) is 0 Å². The number of halogens is 1. The Hall–Kier alpha value is 0.130. The van der Waals surface area contributed by atoms with Crippen molar-refractivity contribution in [1.82, 2.24) is 10.2 Å². The van der Waals surface area contributed by atoms with Gasteiger partial charge in [0.1, 0.15) is 0 Å². The normalized spacial score (nSPS) is 34.6. The Kier molecular flexibility index (Phi) is 6.17. The fraction of sp³-hybridized carbons (Fsp3) is 1.00. The Labute approximate surface area is 110 Å². The third-order valence-electron chi connectivity index (χ3n) is 3.64. The summed E-state index contributed by atoms with van der Waals surface area (Å²) in [6.45, 7) is 9.53. The highest BCUT2D eigenvalue weighted by atomic mass is 35.5. The molecule has 2 aliphatic heterocycles. The SMILES string of the molecule is COCC1CN(CC2(C)CCNC2)CCO1.Cl. The number of nitrogens with one attached hydrogen (secondary N) is 1. The number of rotatable bonds is 4. The second-order valence-electron chi connectivity index (χ2n) is 5.42. The molecule has 0 aromatic rings. The molecule has 0 aliphatic carbocycles. The molecule has 5 heteroatoms. The summed E-state index contributed by atoms with van der Waals surface area (Å²) in [5, 5.41) is 3.46. The standard InChI is InChI=1S/C12H24N2O2.ClH/c1-12(3-4-13-9-12)10-14-5-6-16-11(7-14)8-15-2;/h11,13H,3-10H2,1-2H3;1H. The lowest BCUT2D eigenvalue weighted by Gasteiger charge is -2.37. The van der Waals surface area contributed by atoms with Crippen LogP contribution in [-0.4, -0.2) is 64.1 Å². The van der Waals surface area contributed by atoms with Gasteiger partial charge < -0.3 is 14.8 Å². The second-order valence-corrected chi connectivity index (χ2v) is 5.42. The minimum absolute atomic E-state index is 0. The molecule has 2 rings (SSSR count). The van der Waals surface area contributed by atoms with Crippen LogP contribution in [0.25, 0.3) is 0 Å². The molecule has 0 bridgehead atoms. The summed E-state index contributed by atoms with van der Waals surface area (Å²) in [7, 11) is 1.74. The first-order valence-corrected chi connectivity index (χ1v) is 6.25. The van der Waals surface area contributed by atoms with E-state index in [1.165, 1.54) is 19.5 Å². The summed E-state index contributed by atoms with van der Waals surface area (Å²) in [5.74, 6) is 0. The van der Waals surface area contributed by atoms with E-state index in [-0.39, 0.29) is 18.5 Å². The smallest absolute Gasteiger partial charge is 0.0935 e. The largest absolute Gasteiger partial charge is 0.382 e. The molecule has 1 N–H and O–H groups in total. The zero-order chi connectivity index (χ0) is 11.4. The van der Waals surface area contributed by atoms with Crippen LogP contribution in [0, 0.1) is 5.41 Å². The van der Waals surface area contributed by atoms with Crippen LogP contribution in [0.5, 0.6) is 0 Å². The minimum Gasteiger partial charge on any atom is -0.382 e. The van der Waals surface area contributed by atoms with Crippen molar-refractivity contribution in [3.63, 3.8) is 0 Å². The maximum atomic E-state index is 5.66. The molecule has 0 aromatic carbocycles. The summed E-state index contributed by atoms with van der Waals surface area (Å²) in [6, 6.07) is 0. The molecule has 2 saturated heterocycles. The molecule has 0 amide bonds. The molecule has 102 valence electrons. The van der Waals surface area contributed by atoms with Gasteiger partial charge in [-0.3, -0.25) is 4.90 Å². The first-order chi connectivity index (χ1) is 7.72. The average Bonchev–Trinajstić information content (AvgIpc) is 2.66. The van der Waals surface area contributed by atoms with E-state index in [1.54, 1.807) is 7.11 Å². The van der Waals surface area contributed by atoms with Gasteiger partial charge in [0.25, 0.3) is 0 Å². The van der Waals surface area contributed by atoms with Crippen molar-refractivity contribution in [3.05, 3.63) is 0 Å². The highest BCUT2D eigenvalue weighted by Crippen LogP contribution is 2.26.